The first-order valence-corrected chi connectivity index (χ1v) is 4.29. The smallest absolute Gasteiger partial charge is 0.164 e. The molecule has 0 amide bonds. The van der Waals surface area contributed by atoms with E-state index in [1.807, 2.05) is 0 Å². The van der Waals surface area contributed by atoms with Crippen LogP contribution in [-0.2, 0) is 9.47 Å². The Balaban J connectivity index is 2.74. The molecule has 0 spiro atoms. The highest BCUT2D eigenvalue weighted by Crippen LogP contribution is 2.30. The van der Waals surface area contributed by atoms with E-state index in [0.29, 0.717) is 0 Å². The summed E-state index contributed by atoms with van der Waals surface area (Å²) in [6, 6.07) is 0. The largest absolute Gasteiger partial charge is 0.386 e. The Hall–Kier alpha value is -0.640. The molecule has 1 saturated heterocycles. The van der Waals surface area contributed by atoms with Crippen molar-refractivity contribution in [2.24, 2.45) is 0 Å². The second-order valence-electron chi connectivity index (χ2n) is 3.53. The molecule has 3 heteroatoms. The van der Waals surface area contributed by atoms with Gasteiger partial charge in [-0.2, -0.15) is 0 Å². The van der Waals surface area contributed by atoms with Crippen molar-refractivity contribution < 1.29 is 14.6 Å². The molecule has 74 valence electrons. The van der Waals surface area contributed by atoms with Crippen LogP contribution in [0.3, 0.4) is 0 Å². The molecule has 1 aliphatic rings. The van der Waals surface area contributed by atoms with E-state index in [0.717, 1.165) is 0 Å². The molecule has 0 aromatic carbocycles. The van der Waals surface area contributed by atoms with Crippen molar-refractivity contribution in [2.45, 2.75) is 37.9 Å². The summed E-state index contributed by atoms with van der Waals surface area (Å²) in [5, 5.41) is 9.52. The van der Waals surface area contributed by atoms with Crippen molar-refractivity contribution in [2.75, 3.05) is 0 Å². The summed E-state index contributed by atoms with van der Waals surface area (Å²) >= 11 is 0. The van der Waals surface area contributed by atoms with E-state index in [4.69, 9.17) is 9.47 Å². The first kappa shape index (κ1) is 10.4. The van der Waals surface area contributed by atoms with Gasteiger partial charge in [-0.15, -0.1) is 13.2 Å². The molecule has 0 aliphatic carbocycles. The molecule has 1 fully saturated rings. The number of ether oxygens (including phenoxy) is 2. The highest BCUT2D eigenvalue weighted by molar-refractivity contribution is 5.00. The molecule has 13 heavy (non-hydrogen) atoms. The van der Waals surface area contributed by atoms with Gasteiger partial charge in [0.25, 0.3) is 0 Å². The number of hydrogen-bond acceptors (Lipinski definition) is 3. The quantitative estimate of drug-likeness (QED) is 0.671. The van der Waals surface area contributed by atoms with Crippen molar-refractivity contribution in [3.8, 4) is 0 Å². The first-order chi connectivity index (χ1) is 6.00. The Morgan fingerprint density at radius 2 is 2.00 bits per heavy atom. The van der Waals surface area contributed by atoms with Gasteiger partial charge in [-0.3, -0.25) is 0 Å². The minimum atomic E-state index is -0.718. The van der Waals surface area contributed by atoms with Crippen LogP contribution in [0.1, 0.15) is 13.8 Å². The van der Waals surface area contributed by atoms with Crippen LogP contribution >= 0.6 is 0 Å². The van der Waals surface area contributed by atoms with Gasteiger partial charge in [-0.1, -0.05) is 12.2 Å². The molecule has 3 nitrogen and oxygen atoms in total. The van der Waals surface area contributed by atoms with Gasteiger partial charge in [0.05, 0.1) is 0 Å². The summed E-state index contributed by atoms with van der Waals surface area (Å²) in [5.74, 6) is -0.659. The average Bonchev–Trinajstić information content (AvgIpc) is 2.39. The van der Waals surface area contributed by atoms with Gasteiger partial charge in [0.2, 0.25) is 0 Å². The van der Waals surface area contributed by atoms with Crippen molar-refractivity contribution in [1.82, 2.24) is 0 Å². The van der Waals surface area contributed by atoms with Crippen LogP contribution in [-0.4, -0.2) is 29.2 Å². The Morgan fingerprint density at radius 3 is 2.46 bits per heavy atom. The second kappa shape index (κ2) is 3.62. The Bertz CT molecular complexity index is 210. The van der Waals surface area contributed by atoms with Crippen molar-refractivity contribution in [1.29, 1.82) is 0 Å². The fourth-order valence-electron chi connectivity index (χ4n) is 1.40. The monoisotopic (exact) mass is 184 g/mol. The highest BCUT2D eigenvalue weighted by Gasteiger charge is 2.42. The maximum atomic E-state index is 9.52. The molecule has 0 radical (unpaired) electrons. The van der Waals surface area contributed by atoms with Gasteiger partial charge < -0.3 is 14.6 Å². The minimum Gasteiger partial charge on any atom is -0.386 e. The van der Waals surface area contributed by atoms with E-state index in [1.54, 1.807) is 19.9 Å². The second-order valence-corrected chi connectivity index (χ2v) is 3.53. The standard InChI is InChI=1S/C10H16O3/c1-5-7(11)9-8(6-2)12-10(3,4)13-9/h5-9,11H,1-2H2,3-4H3/t7-,8+,9?/m0/s1. The van der Waals surface area contributed by atoms with Crippen molar-refractivity contribution >= 4 is 0 Å². The number of hydrogen-bond donors (Lipinski definition) is 1. The summed E-state index contributed by atoms with van der Waals surface area (Å²) in [6.45, 7) is 10.7. The molecule has 0 bridgehead atoms. The molecular formula is C10H16O3. The molecule has 1 rings (SSSR count). The zero-order valence-corrected chi connectivity index (χ0v) is 8.06. The Morgan fingerprint density at radius 1 is 1.38 bits per heavy atom. The van der Waals surface area contributed by atoms with E-state index in [9.17, 15) is 5.11 Å². The topological polar surface area (TPSA) is 38.7 Å². The predicted molar refractivity (Wildman–Crippen MR) is 50.2 cm³/mol. The average molecular weight is 184 g/mol. The lowest BCUT2D eigenvalue weighted by atomic mass is 10.1. The number of aliphatic hydroxyl groups excluding tert-OH is 1. The molecule has 0 aromatic heterocycles. The Kier molecular flexibility index (Phi) is 2.91. The van der Waals surface area contributed by atoms with Crippen LogP contribution in [0.15, 0.2) is 25.3 Å². The number of aliphatic hydroxyl groups is 1. The lowest BCUT2D eigenvalue weighted by Crippen LogP contribution is -2.32. The van der Waals surface area contributed by atoms with Crippen LogP contribution in [0.2, 0.25) is 0 Å². The molecule has 3 atom stereocenters. The summed E-state index contributed by atoms with van der Waals surface area (Å²) in [7, 11) is 0. The molecule has 1 aliphatic heterocycles. The maximum absolute atomic E-state index is 9.52. The van der Waals surface area contributed by atoms with Gasteiger partial charge in [-0.05, 0) is 13.8 Å². The third-order valence-electron chi connectivity index (χ3n) is 1.97. The Labute approximate surface area is 78.7 Å². The van der Waals surface area contributed by atoms with Crippen molar-refractivity contribution in [3.05, 3.63) is 25.3 Å². The molecule has 1 unspecified atom stereocenters. The van der Waals surface area contributed by atoms with E-state index >= 15 is 0 Å². The normalized spacial score (nSPS) is 34.1. The zero-order valence-electron chi connectivity index (χ0n) is 8.06. The van der Waals surface area contributed by atoms with E-state index in [1.165, 1.54) is 6.08 Å². The summed E-state index contributed by atoms with van der Waals surface area (Å²) in [5.41, 5.74) is 0. The fourth-order valence-corrected chi connectivity index (χ4v) is 1.40. The molecule has 0 saturated carbocycles. The van der Waals surface area contributed by atoms with E-state index < -0.39 is 18.0 Å². The van der Waals surface area contributed by atoms with Crippen molar-refractivity contribution in [3.63, 3.8) is 0 Å². The zero-order chi connectivity index (χ0) is 10.1. The highest BCUT2D eigenvalue weighted by atomic mass is 16.8. The van der Waals surface area contributed by atoms with Gasteiger partial charge >= 0.3 is 0 Å². The lowest BCUT2D eigenvalue weighted by Gasteiger charge is -2.18. The van der Waals surface area contributed by atoms with Gasteiger partial charge in [-0.25, -0.2) is 0 Å². The van der Waals surface area contributed by atoms with E-state index in [-0.39, 0.29) is 6.10 Å². The van der Waals surface area contributed by atoms with Crippen LogP contribution in [0.4, 0.5) is 0 Å². The van der Waals surface area contributed by atoms with Gasteiger partial charge in [0, 0.05) is 0 Å². The summed E-state index contributed by atoms with van der Waals surface area (Å²) in [6.07, 6.45) is 1.68. The third kappa shape index (κ3) is 2.18. The SMILES string of the molecule is C=C[C@H](O)C1OC(C)(C)O[C@@H]1C=C. The number of rotatable bonds is 3. The van der Waals surface area contributed by atoms with Crippen LogP contribution in [0, 0.1) is 0 Å². The molecule has 1 heterocycles. The third-order valence-corrected chi connectivity index (χ3v) is 1.97. The van der Waals surface area contributed by atoms with Gasteiger partial charge in [0.1, 0.15) is 18.3 Å². The predicted octanol–water partition coefficient (Wildman–Crippen LogP) is 1.24. The minimum absolute atomic E-state index is 0.275. The molecule has 1 N–H and O–H groups in total. The first-order valence-electron chi connectivity index (χ1n) is 4.29. The fraction of sp³-hybridized carbons (Fsp3) is 0.600. The molecular weight excluding hydrogens is 168 g/mol. The lowest BCUT2D eigenvalue weighted by molar-refractivity contribution is -0.150. The van der Waals surface area contributed by atoms with Crippen LogP contribution < -0.4 is 0 Å². The van der Waals surface area contributed by atoms with Crippen LogP contribution in [0.5, 0.6) is 0 Å². The maximum Gasteiger partial charge on any atom is 0.164 e. The van der Waals surface area contributed by atoms with Gasteiger partial charge in [0.15, 0.2) is 5.79 Å². The summed E-state index contributed by atoms with van der Waals surface area (Å²) < 4.78 is 11.0. The van der Waals surface area contributed by atoms with E-state index in [2.05, 4.69) is 13.2 Å². The summed E-state index contributed by atoms with van der Waals surface area (Å²) in [4.78, 5) is 0. The van der Waals surface area contributed by atoms with Crippen LogP contribution in [0.25, 0.3) is 0 Å². The molecule has 0 aromatic rings.